The van der Waals surface area contributed by atoms with Crippen molar-refractivity contribution in [1.82, 2.24) is 9.78 Å². The molecule has 30 heavy (non-hydrogen) atoms. The molecule has 1 aliphatic rings. The van der Waals surface area contributed by atoms with E-state index in [0.717, 1.165) is 16.8 Å². The first-order valence-corrected chi connectivity index (χ1v) is 9.90. The van der Waals surface area contributed by atoms with Gasteiger partial charge in [0.2, 0.25) is 0 Å². The van der Waals surface area contributed by atoms with Gasteiger partial charge in [0.05, 0.1) is 28.2 Å². The Balaban J connectivity index is 1.76. The van der Waals surface area contributed by atoms with Crippen LogP contribution < -0.4 is 10.6 Å². The van der Waals surface area contributed by atoms with Gasteiger partial charge in [0.1, 0.15) is 0 Å². The summed E-state index contributed by atoms with van der Waals surface area (Å²) in [6.07, 6.45) is 1.61. The first-order chi connectivity index (χ1) is 14.3. The molecule has 3 aromatic rings. The zero-order valence-corrected chi connectivity index (χ0v) is 17.9. The molecule has 6 nitrogen and oxygen atoms in total. The van der Waals surface area contributed by atoms with Crippen molar-refractivity contribution >= 4 is 35.0 Å². The molecule has 4 rings (SSSR count). The molecule has 7 heteroatoms. The van der Waals surface area contributed by atoms with Gasteiger partial charge in [-0.1, -0.05) is 35.4 Å². The third kappa shape index (κ3) is 3.39. The molecule has 0 fully saturated rings. The number of carbonyl (C=O) groups excluding carboxylic acids is 1. The third-order valence-electron chi connectivity index (χ3n) is 5.11. The first-order valence-electron chi connectivity index (χ1n) is 9.53. The summed E-state index contributed by atoms with van der Waals surface area (Å²) in [6.45, 7) is 7.53. The van der Waals surface area contributed by atoms with Crippen molar-refractivity contribution in [3.05, 3.63) is 85.8 Å². The van der Waals surface area contributed by atoms with Crippen LogP contribution in [0.3, 0.4) is 0 Å². The second-order valence-corrected chi connectivity index (χ2v) is 7.86. The Morgan fingerprint density at radius 2 is 1.80 bits per heavy atom. The Labute approximate surface area is 179 Å². The molecule has 0 bridgehead atoms. The molecule has 0 saturated carbocycles. The van der Waals surface area contributed by atoms with E-state index in [1.165, 1.54) is 9.69 Å². The number of hydrogen-bond donors (Lipinski definition) is 1. The molecule has 2 heterocycles. The zero-order chi connectivity index (χ0) is 21.6. The maximum absolute atomic E-state index is 13.1. The highest BCUT2D eigenvalue weighted by Gasteiger charge is 2.29. The van der Waals surface area contributed by atoms with Crippen LogP contribution in [0.15, 0.2) is 57.9 Å². The molecule has 0 atom stereocenters. The average molecular weight is 421 g/mol. The molecule has 0 aliphatic carbocycles. The first kappa shape index (κ1) is 19.9. The van der Waals surface area contributed by atoms with Crippen molar-refractivity contribution in [2.75, 3.05) is 5.01 Å². The van der Waals surface area contributed by atoms with Crippen molar-refractivity contribution in [1.29, 1.82) is 0 Å². The highest BCUT2D eigenvalue weighted by molar-refractivity contribution is 6.33. The van der Waals surface area contributed by atoms with Gasteiger partial charge in [0.15, 0.2) is 0 Å². The normalized spacial score (nSPS) is 15.2. The monoisotopic (exact) mass is 420 g/mol. The van der Waals surface area contributed by atoms with Crippen LogP contribution in [0, 0.1) is 20.8 Å². The van der Waals surface area contributed by atoms with E-state index in [9.17, 15) is 9.59 Å². The van der Waals surface area contributed by atoms with Crippen molar-refractivity contribution < 1.29 is 4.79 Å². The maximum Gasteiger partial charge on any atom is 0.280 e. The van der Waals surface area contributed by atoms with Crippen LogP contribution in [0.1, 0.15) is 29.3 Å². The zero-order valence-electron chi connectivity index (χ0n) is 17.2. The number of aryl methyl sites for hydroxylation is 3. The SMILES string of the molecule is CC1=NN(c2cccc(Cl)c2)C(=O)/C1=C/c1c(C)[nH]n(-c2ccc(C)cc2C)c1=O. The van der Waals surface area contributed by atoms with Crippen LogP contribution in [0.4, 0.5) is 5.69 Å². The summed E-state index contributed by atoms with van der Waals surface area (Å²) >= 11 is 6.05. The quantitative estimate of drug-likeness (QED) is 0.631. The number of carbonyl (C=O) groups is 1. The molecule has 0 spiro atoms. The summed E-state index contributed by atoms with van der Waals surface area (Å²) in [7, 11) is 0. The summed E-state index contributed by atoms with van der Waals surface area (Å²) in [4.78, 5) is 26.1. The van der Waals surface area contributed by atoms with Crippen molar-refractivity contribution in [2.45, 2.75) is 27.7 Å². The van der Waals surface area contributed by atoms with Crippen molar-refractivity contribution in [3.8, 4) is 5.69 Å². The van der Waals surface area contributed by atoms with Gasteiger partial charge >= 0.3 is 0 Å². The fourth-order valence-electron chi connectivity index (χ4n) is 3.57. The van der Waals surface area contributed by atoms with Gasteiger partial charge < -0.3 is 0 Å². The van der Waals surface area contributed by atoms with Crippen LogP contribution in [-0.2, 0) is 4.79 Å². The molecule has 1 aliphatic heterocycles. The Hall–Kier alpha value is -3.38. The number of H-pyrrole nitrogens is 1. The van der Waals surface area contributed by atoms with E-state index < -0.39 is 0 Å². The number of halogens is 1. The Morgan fingerprint density at radius 3 is 2.50 bits per heavy atom. The van der Waals surface area contributed by atoms with E-state index in [2.05, 4.69) is 10.2 Å². The lowest BCUT2D eigenvalue weighted by atomic mass is 10.1. The van der Waals surface area contributed by atoms with E-state index in [1.807, 2.05) is 39.0 Å². The fraction of sp³-hybridized carbons (Fsp3) is 0.174. The molecule has 1 amide bonds. The second-order valence-electron chi connectivity index (χ2n) is 7.42. The lowest BCUT2D eigenvalue weighted by Gasteiger charge is -2.11. The van der Waals surface area contributed by atoms with Gasteiger partial charge in [0, 0.05) is 10.7 Å². The number of aromatic amines is 1. The summed E-state index contributed by atoms with van der Waals surface area (Å²) in [5.74, 6) is -0.298. The molecule has 1 aromatic heterocycles. The molecule has 2 aromatic carbocycles. The maximum atomic E-state index is 13.1. The number of hydrogen-bond acceptors (Lipinski definition) is 3. The molecule has 1 N–H and O–H groups in total. The molecule has 0 saturated heterocycles. The molecule has 152 valence electrons. The minimum Gasteiger partial charge on any atom is -0.295 e. The van der Waals surface area contributed by atoms with Crippen LogP contribution in [-0.4, -0.2) is 21.4 Å². The number of nitrogens with zero attached hydrogens (tertiary/aromatic N) is 3. The van der Waals surface area contributed by atoms with E-state index >= 15 is 0 Å². The lowest BCUT2D eigenvalue weighted by molar-refractivity contribution is -0.114. The number of anilines is 1. The average Bonchev–Trinajstić information content (AvgIpc) is 3.13. The lowest BCUT2D eigenvalue weighted by Crippen LogP contribution is -2.22. The number of aromatic nitrogens is 2. The second kappa shape index (κ2) is 7.46. The highest BCUT2D eigenvalue weighted by atomic mass is 35.5. The largest absolute Gasteiger partial charge is 0.295 e. The van der Waals surface area contributed by atoms with Crippen molar-refractivity contribution in [2.24, 2.45) is 5.10 Å². The van der Waals surface area contributed by atoms with Crippen LogP contribution >= 0.6 is 11.6 Å². The molecule has 0 unspecified atom stereocenters. The molecular weight excluding hydrogens is 400 g/mol. The Kier molecular flexibility index (Phi) is 4.95. The topological polar surface area (TPSA) is 70.5 Å². The van der Waals surface area contributed by atoms with E-state index in [-0.39, 0.29) is 11.5 Å². The van der Waals surface area contributed by atoms with E-state index in [0.29, 0.717) is 33.3 Å². The summed E-state index contributed by atoms with van der Waals surface area (Å²) in [6, 6.07) is 12.8. The predicted octanol–water partition coefficient (Wildman–Crippen LogP) is 4.55. The number of nitrogens with one attached hydrogen (secondary N) is 1. The van der Waals surface area contributed by atoms with Gasteiger partial charge in [-0.25, -0.2) is 4.68 Å². The van der Waals surface area contributed by atoms with Crippen LogP contribution in [0.25, 0.3) is 11.8 Å². The van der Waals surface area contributed by atoms with E-state index in [1.54, 1.807) is 37.3 Å². The Bertz CT molecular complexity index is 1300. The van der Waals surface area contributed by atoms with Crippen LogP contribution in [0.5, 0.6) is 0 Å². The van der Waals surface area contributed by atoms with E-state index in [4.69, 9.17) is 11.6 Å². The standard InChI is InChI=1S/C23H21ClN4O2/c1-13-8-9-21(14(2)10-13)28-23(30)20(16(4)26-28)12-19-15(3)25-27(22(19)29)18-7-5-6-17(24)11-18/h5-12,26H,1-4H3/b19-12+. The minimum absolute atomic E-state index is 0.214. The number of hydrazone groups is 1. The highest BCUT2D eigenvalue weighted by Crippen LogP contribution is 2.27. The fourth-order valence-corrected chi connectivity index (χ4v) is 3.75. The van der Waals surface area contributed by atoms with Crippen LogP contribution in [0.2, 0.25) is 5.02 Å². The summed E-state index contributed by atoms with van der Waals surface area (Å²) in [5, 5.41) is 9.30. The third-order valence-corrected chi connectivity index (χ3v) is 5.35. The predicted molar refractivity (Wildman–Crippen MR) is 121 cm³/mol. The molecular formula is C23H21ClN4O2. The van der Waals surface area contributed by atoms with Crippen molar-refractivity contribution in [3.63, 3.8) is 0 Å². The van der Waals surface area contributed by atoms with Gasteiger partial charge in [-0.05, 0) is 63.6 Å². The Morgan fingerprint density at radius 1 is 1.03 bits per heavy atom. The summed E-state index contributed by atoms with van der Waals surface area (Å²) < 4.78 is 1.51. The smallest absolute Gasteiger partial charge is 0.280 e. The number of amides is 1. The number of benzene rings is 2. The summed E-state index contributed by atoms with van der Waals surface area (Å²) in [5.41, 5.74) is 5.28. The number of rotatable bonds is 3. The van der Waals surface area contributed by atoms with Gasteiger partial charge in [-0.15, -0.1) is 0 Å². The van der Waals surface area contributed by atoms with Gasteiger partial charge in [-0.2, -0.15) is 10.1 Å². The minimum atomic E-state index is -0.298. The van der Waals surface area contributed by atoms with Gasteiger partial charge in [-0.3, -0.25) is 14.7 Å². The van der Waals surface area contributed by atoms with Gasteiger partial charge in [0.25, 0.3) is 11.5 Å². The molecule has 0 radical (unpaired) electrons.